The van der Waals surface area contributed by atoms with Gasteiger partial charge in [-0.2, -0.15) is 0 Å². The van der Waals surface area contributed by atoms with Crippen molar-refractivity contribution in [2.75, 3.05) is 13.2 Å². The van der Waals surface area contributed by atoms with Gasteiger partial charge in [-0.25, -0.2) is 14.8 Å². The number of nitrogens with one attached hydrogen (secondary N) is 1. The Balaban J connectivity index is 2.00. The SMILES string of the molecule is CCC(=O)O[C@@H]1CN2C(N)=N[C@@H](COC(N)=O)C3N=C(N)N[C@@]32C1(O)O. The van der Waals surface area contributed by atoms with Crippen LogP contribution in [0, 0.1) is 0 Å². The lowest BCUT2D eigenvalue weighted by atomic mass is 9.86. The summed E-state index contributed by atoms with van der Waals surface area (Å²) >= 11 is 0. The second kappa shape index (κ2) is 5.88. The molecule has 0 aromatic carbocycles. The van der Waals surface area contributed by atoms with Crippen LogP contribution in [-0.4, -0.2) is 81.9 Å². The van der Waals surface area contributed by atoms with E-state index in [9.17, 15) is 19.8 Å². The van der Waals surface area contributed by atoms with Gasteiger partial charge >= 0.3 is 12.1 Å². The first kappa shape index (κ1) is 18.0. The molecular formula is C13H21N7O6. The average molecular weight is 371 g/mol. The van der Waals surface area contributed by atoms with Gasteiger partial charge in [-0.05, 0) is 0 Å². The minimum Gasteiger partial charge on any atom is -0.455 e. The Labute approximate surface area is 147 Å². The first-order valence-corrected chi connectivity index (χ1v) is 7.92. The summed E-state index contributed by atoms with van der Waals surface area (Å²) < 4.78 is 9.93. The van der Waals surface area contributed by atoms with Gasteiger partial charge in [-0.1, -0.05) is 6.92 Å². The van der Waals surface area contributed by atoms with Crippen LogP contribution in [0.15, 0.2) is 9.98 Å². The molecule has 1 unspecified atom stereocenters. The van der Waals surface area contributed by atoms with Crippen molar-refractivity contribution in [3.63, 3.8) is 0 Å². The van der Waals surface area contributed by atoms with Crippen molar-refractivity contribution in [2.24, 2.45) is 27.2 Å². The summed E-state index contributed by atoms with van der Waals surface area (Å²) in [6, 6.07) is -1.87. The monoisotopic (exact) mass is 371 g/mol. The van der Waals surface area contributed by atoms with Gasteiger partial charge in [0.2, 0.25) is 5.79 Å². The molecule has 0 radical (unpaired) electrons. The molecule has 13 nitrogen and oxygen atoms in total. The molecule has 0 aliphatic carbocycles. The number of hydrogen-bond acceptors (Lipinski definition) is 12. The average Bonchev–Trinajstić information content (AvgIpc) is 3.02. The molecule has 1 spiro atoms. The Morgan fingerprint density at radius 3 is 2.69 bits per heavy atom. The van der Waals surface area contributed by atoms with E-state index in [0.717, 1.165) is 0 Å². The van der Waals surface area contributed by atoms with Gasteiger partial charge in [0.05, 0.1) is 6.54 Å². The fourth-order valence-electron chi connectivity index (χ4n) is 3.57. The number of aliphatic hydroxyl groups is 2. The molecule has 3 rings (SSSR count). The molecule has 1 saturated heterocycles. The largest absolute Gasteiger partial charge is 0.455 e. The van der Waals surface area contributed by atoms with Gasteiger partial charge in [-0.15, -0.1) is 0 Å². The van der Waals surface area contributed by atoms with Crippen LogP contribution < -0.4 is 22.5 Å². The highest BCUT2D eigenvalue weighted by Crippen LogP contribution is 2.45. The number of ether oxygens (including phenoxy) is 2. The maximum absolute atomic E-state index is 11.7. The summed E-state index contributed by atoms with van der Waals surface area (Å²) in [4.78, 5) is 32.3. The smallest absolute Gasteiger partial charge is 0.404 e. The fraction of sp³-hybridized carbons (Fsp3) is 0.692. The van der Waals surface area contributed by atoms with E-state index in [1.807, 2.05) is 0 Å². The lowest BCUT2D eigenvalue weighted by Crippen LogP contribution is -2.77. The van der Waals surface area contributed by atoms with Crippen LogP contribution in [-0.2, 0) is 14.3 Å². The van der Waals surface area contributed by atoms with Crippen molar-refractivity contribution in [3.8, 4) is 0 Å². The maximum Gasteiger partial charge on any atom is 0.404 e. The number of carbonyl (C=O) groups excluding carboxylic acids is 2. The van der Waals surface area contributed by atoms with E-state index in [0.29, 0.717) is 0 Å². The Bertz CT molecular complexity index is 694. The molecule has 26 heavy (non-hydrogen) atoms. The van der Waals surface area contributed by atoms with Crippen LogP contribution in [0.5, 0.6) is 0 Å². The molecule has 0 saturated carbocycles. The Morgan fingerprint density at radius 1 is 1.38 bits per heavy atom. The highest BCUT2D eigenvalue weighted by atomic mass is 16.6. The molecular weight excluding hydrogens is 350 g/mol. The molecule has 1 amide bonds. The molecule has 1 fully saturated rings. The van der Waals surface area contributed by atoms with Crippen LogP contribution in [0.3, 0.4) is 0 Å². The number of guanidine groups is 2. The predicted octanol–water partition coefficient (Wildman–Crippen LogP) is -3.92. The molecule has 144 valence electrons. The summed E-state index contributed by atoms with van der Waals surface area (Å²) in [6.45, 7) is 1.12. The first-order valence-electron chi connectivity index (χ1n) is 7.92. The quantitative estimate of drug-likeness (QED) is 0.209. The van der Waals surface area contributed by atoms with Gasteiger partial charge in [0, 0.05) is 6.42 Å². The highest BCUT2D eigenvalue weighted by Gasteiger charge is 2.74. The van der Waals surface area contributed by atoms with Crippen molar-refractivity contribution in [2.45, 2.75) is 43.0 Å². The van der Waals surface area contributed by atoms with Crippen molar-refractivity contribution >= 4 is 24.0 Å². The molecule has 3 aliphatic rings. The van der Waals surface area contributed by atoms with Gasteiger partial charge in [0.15, 0.2) is 23.7 Å². The molecule has 9 N–H and O–H groups in total. The van der Waals surface area contributed by atoms with E-state index in [-0.39, 0.29) is 31.5 Å². The summed E-state index contributed by atoms with van der Waals surface area (Å²) in [5.74, 6) is -3.41. The standard InChI is InChI=1S/C13H21N7O6/c1-2-7(21)26-6-3-20-10(15)17-5(4-25-11(16)22)8-12(20,13(6,23)24)19-9(14)18-8/h5-6,8,23-24H,2-4H2,1H3,(H2,15,17)(H2,16,22)(H3,14,18,19)/t5-,6+,8?,12-/m0/s1. The van der Waals surface area contributed by atoms with Gasteiger partial charge < -0.3 is 47.1 Å². The first-order chi connectivity index (χ1) is 12.1. The molecule has 0 bridgehead atoms. The zero-order valence-corrected chi connectivity index (χ0v) is 14.0. The lowest BCUT2D eigenvalue weighted by molar-refractivity contribution is -0.262. The molecule has 0 aromatic rings. The molecule has 3 aliphatic heterocycles. The molecule has 0 aromatic heterocycles. The number of nitrogens with zero attached hydrogens (tertiary/aromatic N) is 3. The van der Waals surface area contributed by atoms with E-state index in [4.69, 9.17) is 26.7 Å². The topological polar surface area (TPSA) is 211 Å². The number of amides is 1. The number of rotatable bonds is 4. The van der Waals surface area contributed by atoms with E-state index in [1.54, 1.807) is 6.92 Å². The van der Waals surface area contributed by atoms with Crippen molar-refractivity contribution in [3.05, 3.63) is 0 Å². The third-order valence-electron chi connectivity index (χ3n) is 4.71. The Kier molecular flexibility index (Phi) is 4.07. The number of nitrogens with two attached hydrogens (primary N) is 3. The van der Waals surface area contributed by atoms with Crippen LogP contribution in [0.4, 0.5) is 4.79 Å². The fourth-order valence-corrected chi connectivity index (χ4v) is 3.57. The molecule has 3 heterocycles. The zero-order chi connectivity index (χ0) is 19.3. The third-order valence-corrected chi connectivity index (χ3v) is 4.71. The predicted molar refractivity (Wildman–Crippen MR) is 86.3 cm³/mol. The second-order valence-electron chi connectivity index (χ2n) is 6.20. The highest BCUT2D eigenvalue weighted by molar-refractivity contribution is 5.87. The summed E-state index contributed by atoms with van der Waals surface area (Å²) in [5, 5.41) is 24.5. The number of hydrogen-bond donors (Lipinski definition) is 6. The van der Waals surface area contributed by atoms with Crippen molar-refractivity contribution < 1.29 is 29.3 Å². The number of carbonyl (C=O) groups is 2. The number of aliphatic imine (C=N–C) groups is 2. The summed E-state index contributed by atoms with van der Waals surface area (Å²) in [6.07, 6.45) is -2.32. The lowest BCUT2D eigenvalue weighted by Gasteiger charge is -2.48. The van der Waals surface area contributed by atoms with E-state index in [2.05, 4.69) is 15.3 Å². The minimum absolute atomic E-state index is 0.0493. The van der Waals surface area contributed by atoms with E-state index < -0.39 is 41.7 Å². The third kappa shape index (κ3) is 2.39. The second-order valence-corrected chi connectivity index (χ2v) is 6.20. The van der Waals surface area contributed by atoms with Crippen LogP contribution in [0.2, 0.25) is 0 Å². The Morgan fingerprint density at radius 2 is 2.08 bits per heavy atom. The van der Waals surface area contributed by atoms with Crippen LogP contribution in [0.25, 0.3) is 0 Å². The minimum atomic E-state index is -2.61. The van der Waals surface area contributed by atoms with Gasteiger partial charge in [-0.3, -0.25) is 4.79 Å². The van der Waals surface area contributed by atoms with Gasteiger partial charge in [0.1, 0.15) is 18.7 Å². The van der Waals surface area contributed by atoms with Crippen LogP contribution >= 0.6 is 0 Å². The van der Waals surface area contributed by atoms with E-state index >= 15 is 0 Å². The summed E-state index contributed by atoms with van der Waals surface area (Å²) in [5.41, 5.74) is 15.0. The molecule has 4 atom stereocenters. The molecule has 13 heteroatoms. The normalized spacial score (nSPS) is 34.1. The summed E-state index contributed by atoms with van der Waals surface area (Å²) in [7, 11) is 0. The Hall–Kier alpha value is -2.80. The maximum atomic E-state index is 11.7. The van der Waals surface area contributed by atoms with Crippen LogP contribution in [0.1, 0.15) is 13.3 Å². The number of primary amides is 1. The van der Waals surface area contributed by atoms with Gasteiger partial charge in [0.25, 0.3) is 0 Å². The zero-order valence-electron chi connectivity index (χ0n) is 14.0. The number of esters is 1. The van der Waals surface area contributed by atoms with Crippen molar-refractivity contribution in [1.82, 2.24) is 10.2 Å². The van der Waals surface area contributed by atoms with Crippen molar-refractivity contribution in [1.29, 1.82) is 0 Å². The van der Waals surface area contributed by atoms with E-state index in [1.165, 1.54) is 4.90 Å².